The van der Waals surface area contributed by atoms with E-state index in [9.17, 15) is 4.79 Å². The van der Waals surface area contributed by atoms with E-state index in [1.165, 1.54) is 12.8 Å². The van der Waals surface area contributed by atoms with Gasteiger partial charge in [0.05, 0.1) is 18.6 Å². The van der Waals surface area contributed by atoms with Crippen molar-refractivity contribution in [2.24, 2.45) is 11.8 Å². The van der Waals surface area contributed by atoms with Crippen LogP contribution in [0, 0.1) is 18.8 Å². The summed E-state index contributed by atoms with van der Waals surface area (Å²) in [5.74, 6) is 4.59. The Labute approximate surface area is 171 Å². The van der Waals surface area contributed by atoms with E-state index < -0.39 is 0 Å². The van der Waals surface area contributed by atoms with Gasteiger partial charge in [-0.2, -0.15) is 0 Å². The molecule has 1 amide bonds. The van der Waals surface area contributed by atoms with Crippen LogP contribution in [0.15, 0.2) is 28.7 Å². The minimum absolute atomic E-state index is 0.116. The summed E-state index contributed by atoms with van der Waals surface area (Å²) >= 11 is 1.58. The first-order valence-corrected chi connectivity index (χ1v) is 11.1. The van der Waals surface area contributed by atoms with Gasteiger partial charge in [-0.25, -0.2) is 4.98 Å². The molecule has 1 heterocycles. The van der Waals surface area contributed by atoms with Gasteiger partial charge in [-0.3, -0.25) is 4.79 Å². The van der Waals surface area contributed by atoms with Crippen molar-refractivity contribution in [3.63, 3.8) is 0 Å². The summed E-state index contributed by atoms with van der Waals surface area (Å²) in [5, 5.41) is 3.23. The number of carbonyl (C=O) groups is 1. The van der Waals surface area contributed by atoms with Crippen molar-refractivity contribution in [2.45, 2.75) is 51.8 Å². The number of oxazole rings is 1. The van der Waals surface area contributed by atoms with Crippen molar-refractivity contribution in [3.8, 4) is 17.2 Å². The summed E-state index contributed by atoms with van der Waals surface area (Å²) in [5.41, 5.74) is 1.77. The van der Waals surface area contributed by atoms with Crippen molar-refractivity contribution in [3.05, 3.63) is 35.7 Å². The molecule has 152 valence electrons. The molecule has 0 aliphatic heterocycles. The van der Waals surface area contributed by atoms with Crippen LogP contribution in [0.3, 0.4) is 0 Å². The van der Waals surface area contributed by atoms with Crippen molar-refractivity contribution in [2.75, 3.05) is 12.9 Å². The molecular formula is C22H30N2O3S. The van der Waals surface area contributed by atoms with E-state index >= 15 is 0 Å². The molecule has 0 spiro atoms. The van der Waals surface area contributed by atoms with Crippen molar-refractivity contribution >= 4 is 17.7 Å². The number of amides is 1. The van der Waals surface area contributed by atoms with E-state index in [1.807, 2.05) is 31.2 Å². The molecule has 1 saturated carbocycles. The molecule has 5 nitrogen and oxygen atoms in total. The zero-order valence-corrected chi connectivity index (χ0v) is 18.0. The number of nitrogens with zero attached hydrogens (tertiary/aromatic N) is 1. The Balaban J connectivity index is 1.52. The zero-order valence-electron chi connectivity index (χ0n) is 17.2. The first kappa shape index (κ1) is 20.8. The standard InChI is InChI=1S/C22H30N2O3S/c1-14-7-5-10-19(15(14)2)23-21(25)13-28-12-20-16(3)27-22(24-20)17-8-6-9-18(11-17)26-4/h6,8-9,11,14-15,19H,5,7,10,12-13H2,1-4H3,(H,23,25)/t14-,15-,19-/m1/s1. The van der Waals surface area contributed by atoms with E-state index in [2.05, 4.69) is 24.1 Å². The summed E-state index contributed by atoms with van der Waals surface area (Å²) in [6.45, 7) is 6.45. The summed E-state index contributed by atoms with van der Waals surface area (Å²) in [4.78, 5) is 17.0. The van der Waals surface area contributed by atoms with E-state index in [0.717, 1.165) is 29.2 Å². The molecule has 0 saturated heterocycles. The topological polar surface area (TPSA) is 64.4 Å². The highest BCUT2D eigenvalue weighted by molar-refractivity contribution is 7.99. The molecule has 1 aromatic carbocycles. The minimum Gasteiger partial charge on any atom is -0.497 e. The third kappa shape index (κ3) is 5.10. The van der Waals surface area contributed by atoms with Crippen LogP contribution in [-0.4, -0.2) is 29.8 Å². The van der Waals surface area contributed by atoms with E-state index in [-0.39, 0.29) is 5.91 Å². The summed E-state index contributed by atoms with van der Waals surface area (Å²) in [6.07, 6.45) is 3.56. The lowest BCUT2D eigenvalue weighted by molar-refractivity contribution is -0.119. The van der Waals surface area contributed by atoms with Gasteiger partial charge in [0, 0.05) is 17.4 Å². The molecule has 1 fully saturated rings. The second-order valence-electron chi connectivity index (χ2n) is 7.69. The average Bonchev–Trinajstić information content (AvgIpc) is 3.06. The maximum Gasteiger partial charge on any atom is 0.230 e. The third-order valence-corrected chi connectivity index (χ3v) is 6.68. The molecule has 1 aliphatic rings. The minimum atomic E-state index is 0.116. The number of thioether (sulfide) groups is 1. The molecule has 3 atom stereocenters. The van der Waals surface area contributed by atoms with Crippen LogP contribution in [-0.2, 0) is 10.5 Å². The molecule has 1 aliphatic carbocycles. The van der Waals surface area contributed by atoms with Gasteiger partial charge in [0.25, 0.3) is 0 Å². The molecule has 28 heavy (non-hydrogen) atoms. The van der Waals surface area contributed by atoms with Crippen molar-refractivity contribution < 1.29 is 13.9 Å². The first-order valence-electron chi connectivity index (χ1n) is 9.95. The fourth-order valence-corrected chi connectivity index (χ4v) is 4.55. The second kappa shape index (κ2) is 9.50. The number of benzene rings is 1. The molecule has 6 heteroatoms. The largest absolute Gasteiger partial charge is 0.497 e. The van der Waals surface area contributed by atoms with Crippen LogP contribution in [0.1, 0.15) is 44.6 Å². The Kier molecular flexibility index (Phi) is 7.05. The molecule has 3 rings (SSSR count). The number of hydrogen-bond donors (Lipinski definition) is 1. The molecule has 1 N–H and O–H groups in total. The molecular weight excluding hydrogens is 372 g/mol. The Morgan fingerprint density at radius 2 is 2.18 bits per heavy atom. The van der Waals surface area contributed by atoms with Crippen LogP contribution in [0.25, 0.3) is 11.5 Å². The van der Waals surface area contributed by atoms with Gasteiger partial charge in [0.2, 0.25) is 11.8 Å². The maximum absolute atomic E-state index is 12.3. The van der Waals surface area contributed by atoms with Crippen LogP contribution >= 0.6 is 11.8 Å². The maximum atomic E-state index is 12.3. The lowest BCUT2D eigenvalue weighted by atomic mass is 9.78. The molecule has 0 radical (unpaired) electrons. The number of aromatic nitrogens is 1. The number of hydrogen-bond acceptors (Lipinski definition) is 5. The smallest absolute Gasteiger partial charge is 0.230 e. The Morgan fingerprint density at radius 1 is 1.36 bits per heavy atom. The first-order chi connectivity index (χ1) is 13.5. The number of nitrogens with one attached hydrogen (secondary N) is 1. The second-order valence-corrected chi connectivity index (χ2v) is 8.67. The van der Waals surface area contributed by atoms with Gasteiger partial charge in [-0.15, -0.1) is 11.8 Å². The Hall–Kier alpha value is -1.95. The van der Waals surface area contributed by atoms with Crippen LogP contribution in [0.2, 0.25) is 0 Å². The van der Waals surface area contributed by atoms with Crippen molar-refractivity contribution in [1.29, 1.82) is 0 Å². The molecule has 0 unspecified atom stereocenters. The normalized spacial score (nSPS) is 22.1. The summed E-state index contributed by atoms with van der Waals surface area (Å²) in [6, 6.07) is 7.97. The quantitative estimate of drug-likeness (QED) is 0.718. The SMILES string of the molecule is COc1cccc(-c2nc(CSCC(=O)N[C@@H]3CCC[C@@H](C)[C@H]3C)c(C)o2)c1. The summed E-state index contributed by atoms with van der Waals surface area (Å²) in [7, 11) is 1.64. The Bertz CT molecular complexity index is 805. The van der Waals surface area contributed by atoms with Gasteiger partial charge in [0.1, 0.15) is 11.5 Å². The molecule has 1 aromatic heterocycles. The highest BCUT2D eigenvalue weighted by atomic mass is 32.2. The predicted molar refractivity (Wildman–Crippen MR) is 113 cm³/mol. The predicted octanol–water partition coefficient (Wildman–Crippen LogP) is 4.83. The Morgan fingerprint density at radius 3 is 2.96 bits per heavy atom. The fraction of sp³-hybridized carbons (Fsp3) is 0.545. The van der Waals surface area contributed by atoms with E-state index in [1.54, 1.807) is 18.9 Å². The highest BCUT2D eigenvalue weighted by Crippen LogP contribution is 2.30. The lowest BCUT2D eigenvalue weighted by Crippen LogP contribution is -2.44. The van der Waals surface area contributed by atoms with Gasteiger partial charge >= 0.3 is 0 Å². The van der Waals surface area contributed by atoms with Gasteiger partial charge < -0.3 is 14.5 Å². The molecule has 0 bridgehead atoms. The number of ether oxygens (including phenoxy) is 1. The zero-order chi connectivity index (χ0) is 20.1. The molecule has 2 aromatic rings. The van der Waals surface area contributed by atoms with Gasteiger partial charge in [-0.1, -0.05) is 32.8 Å². The lowest BCUT2D eigenvalue weighted by Gasteiger charge is -2.34. The van der Waals surface area contributed by atoms with Crippen LogP contribution in [0.5, 0.6) is 5.75 Å². The monoisotopic (exact) mass is 402 g/mol. The van der Waals surface area contributed by atoms with Gasteiger partial charge in [-0.05, 0) is 43.4 Å². The fourth-order valence-electron chi connectivity index (χ4n) is 3.72. The van der Waals surface area contributed by atoms with E-state index in [4.69, 9.17) is 9.15 Å². The summed E-state index contributed by atoms with van der Waals surface area (Å²) < 4.78 is 11.1. The van der Waals surface area contributed by atoms with E-state index in [0.29, 0.717) is 35.3 Å². The number of carbonyl (C=O) groups excluding carboxylic acids is 1. The third-order valence-electron chi connectivity index (χ3n) is 5.73. The van der Waals surface area contributed by atoms with Crippen molar-refractivity contribution in [1.82, 2.24) is 10.3 Å². The van der Waals surface area contributed by atoms with Gasteiger partial charge in [0.15, 0.2) is 0 Å². The number of rotatable bonds is 7. The number of methoxy groups -OCH3 is 1. The highest BCUT2D eigenvalue weighted by Gasteiger charge is 2.28. The van der Waals surface area contributed by atoms with Crippen LogP contribution < -0.4 is 10.1 Å². The average molecular weight is 403 g/mol. The van der Waals surface area contributed by atoms with Crippen LogP contribution in [0.4, 0.5) is 0 Å². The number of aryl methyl sites for hydroxylation is 1.